The topological polar surface area (TPSA) is 181 Å². The van der Waals surface area contributed by atoms with Crippen molar-refractivity contribution in [3.05, 3.63) is 107 Å². The second-order valence-corrected chi connectivity index (χ2v) is 15.0. The number of nitrogens with zero attached hydrogens (tertiary/aromatic N) is 7. The molecule has 1 amide bonds. The summed E-state index contributed by atoms with van der Waals surface area (Å²) < 4.78 is 89.5. The number of rotatable bonds is 15. The van der Waals surface area contributed by atoms with Gasteiger partial charge >= 0.3 is 24.3 Å². The van der Waals surface area contributed by atoms with Crippen LogP contribution in [0, 0.1) is 5.92 Å². The first-order chi connectivity index (χ1) is 29.7. The van der Waals surface area contributed by atoms with Crippen LogP contribution in [0.4, 0.5) is 37.8 Å². The average molecular weight is 890 g/mol. The van der Waals surface area contributed by atoms with E-state index >= 15 is 0 Å². The van der Waals surface area contributed by atoms with Gasteiger partial charge in [0.15, 0.2) is 5.82 Å². The number of amides is 1. The van der Waals surface area contributed by atoms with Gasteiger partial charge in [0.1, 0.15) is 24.5 Å². The van der Waals surface area contributed by atoms with E-state index in [0.717, 1.165) is 80.0 Å². The third-order valence-electron chi connectivity index (χ3n) is 10.4. The molecule has 0 bridgehead atoms. The van der Waals surface area contributed by atoms with Crippen LogP contribution in [0.25, 0.3) is 5.82 Å². The van der Waals surface area contributed by atoms with Gasteiger partial charge in [-0.2, -0.15) is 31.4 Å². The lowest BCUT2D eigenvalue weighted by molar-refractivity contribution is -0.138. The second kappa shape index (κ2) is 20.3. The fourth-order valence-corrected chi connectivity index (χ4v) is 7.20. The number of pyridine rings is 2. The molecule has 1 aromatic carbocycles. The summed E-state index contributed by atoms with van der Waals surface area (Å²) in [6.45, 7) is 0.207. The Bertz CT molecular complexity index is 2310. The fraction of sp³-hybridized carbons (Fsp3) is 0.405. The summed E-state index contributed by atoms with van der Waals surface area (Å²) in [4.78, 5) is 44.2. The SMILES string of the molecule is COCC1=N[N+](C)(c2cc(C(F)(F)F)ccn2)C=C1C(=O)O.COCc1nn(-c2cc(C(F)(F)F)ccn2)cc1C(Nc1ccc(C(=O)N(C)CCC(=O)O)cc1)C1CCCCC1. The lowest BCUT2D eigenvalue weighted by Gasteiger charge is -2.32. The number of hydrogen-bond acceptors (Lipinski definition) is 10. The number of alkyl halides is 6. The highest BCUT2D eigenvalue weighted by atomic mass is 19.4. The van der Waals surface area contributed by atoms with Gasteiger partial charge in [-0.15, -0.1) is 4.59 Å². The Hall–Kier alpha value is -6.19. The number of ether oxygens (including phenoxy) is 2. The number of hydrogen-bond donors (Lipinski definition) is 3. The van der Waals surface area contributed by atoms with Crippen molar-refractivity contribution in [2.75, 3.05) is 46.8 Å². The van der Waals surface area contributed by atoms with Crippen molar-refractivity contribution >= 4 is 35.1 Å². The zero-order valence-corrected chi connectivity index (χ0v) is 34.8. The van der Waals surface area contributed by atoms with Crippen LogP contribution in [0.5, 0.6) is 0 Å². The first kappa shape index (κ1) is 47.9. The highest BCUT2D eigenvalue weighted by Crippen LogP contribution is 2.39. The molecule has 2 atom stereocenters. The van der Waals surface area contributed by atoms with Crippen molar-refractivity contribution in [3.8, 4) is 5.82 Å². The van der Waals surface area contributed by atoms with E-state index in [2.05, 4.69) is 25.5 Å². The fourth-order valence-electron chi connectivity index (χ4n) is 7.20. The lowest BCUT2D eigenvalue weighted by atomic mass is 9.81. The molecule has 3 N–H and O–H groups in total. The largest absolute Gasteiger partial charge is 0.481 e. The van der Waals surface area contributed by atoms with Gasteiger partial charge in [0.05, 0.1) is 42.5 Å². The quantitative estimate of drug-likeness (QED) is 0.0785. The summed E-state index contributed by atoms with van der Waals surface area (Å²) in [6, 6.07) is 10.3. The minimum absolute atomic E-state index is 0.0420. The lowest BCUT2D eigenvalue weighted by Crippen LogP contribution is -2.32. The zero-order chi connectivity index (χ0) is 46.1. The van der Waals surface area contributed by atoms with Crippen LogP contribution in [0.2, 0.25) is 0 Å². The molecule has 338 valence electrons. The number of quaternary nitrogens is 1. The molecule has 4 aromatic rings. The van der Waals surface area contributed by atoms with Crippen LogP contribution in [-0.2, 0) is 38.0 Å². The molecule has 1 saturated carbocycles. The third-order valence-corrected chi connectivity index (χ3v) is 10.4. The van der Waals surface area contributed by atoms with Crippen molar-refractivity contribution in [1.82, 2.24) is 29.2 Å². The van der Waals surface area contributed by atoms with Crippen LogP contribution >= 0.6 is 0 Å². The Morgan fingerprint density at radius 1 is 0.905 bits per heavy atom. The monoisotopic (exact) mass is 889 g/mol. The number of carbonyl (C=O) groups is 3. The number of carbonyl (C=O) groups excluding carboxylic acids is 1. The molecular weight excluding hydrogens is 842 g/mol. The molecule has 2 aliphatic rings. The number of halogens is 6. The standard InChI is InChI=1S/C29H34F3N5O4.C13H12F3N3O3/c1-36(15-13-26(38)39)28(40)20-8-10-22(11-9-20)34-27(19-6-4-3-5-7-19)23-17-37(35-24(23)18-41-2)25-16-21(12-14-33-25)29(30,31)32;1-19(6-9(12(20)21)10(18-19)7-22-2)11-5-8(3-4-17-11)13(14,15)16/h8-12,14,16-17,19,27,34H,3-7,13,15,18H2,1-2H3,(H,38,39);3-6H,7H2,1-2H3/p+1. The number of anilines is 1. The van der Waals surface area contributed by atoms with E-state index in [9.17, 15) is 40.7 Å². The second-order valence-electron chi connectivity index (χ2n) is 15.0. The van der Waals surface area contributed by atoms with E-state index in [4.69, 9.17) is 19.7 Å². The molecule has 1 fully saturated rings. The van der Waals surface area contributed by atoms with Crippen molar-refractivity contribution in [2.24, 2.45) is 11.0 Å². The van der Waals surface area contributed by atoms with Crippen LogP contribution < -0.4 is 9.91 Å². The van der Waals surface area contributed by atoms with Gasteiger partial charge in [0.2, 0.25) is 0 Å². The van der Waals surface area contributed by atoms with E-state index in [1.54, 1.807) is 37.5 Å². The molecular formula is C42H47F6N8O7+. The molecule has 0 radical (unpaired) electrons. The maximum Gasteiger partial charge on any atom is 0.416 e. The number of aromatic nitrogens is 4. The molecule has 15 nitrogen and oxygen atoms in total. The van der Waals surface area contributed by atoms with Crippen molar-refractivity contribution in [1.29, 1.82) is 0 Å². The Morgan fingerprint density at radius 2 is 1.52 bits per heavy atom. The Balaban J connectivity index is 0.000000286. The highest BCUT2D eigenvalue weighted by molar-refractivity contribution is 6.21. The number of methoxy groups -OCH3 is 2. The van der Waals surface area contributed by atoms with Gasteiger partial charge in [-0.1, -0.05) is 24.4 Å². The number of aliphatic carboxylic acids is 2. The average Bonchev–Trinajstić information content (AvgIpc) is 3.83. The van der Waals surface area contributed by atoms with E-state index < -0.39 is 40.0 Å². The van der Waals surface area contributed by atoms with Gasteiger partial charge in [-0.05, 0) is 61.2 Å². The molecule has 21 heteroatoms. The van der Waals surface area contributed by atoms with Crippen LogP contribution in [0.1, 0.15) is 77.3 Å². The third kappa shape index (κ3) is 12.3. The molecule has 0 spiro atoms. The first-order valence-corrected chi connectivity index (χ1v) is 19.6. The Labute approximate surface area is 358 Å². The summed E-state index contributed by atoms with van der Waals surface area (Å²) in [5.41, 5.74) is 0.934. The maximum absolute atomic E-state index is 13.4. The maximum atomic E-state index is 13.4. The van der Waals surface area contributed by atoms with E-state index in [0.29, 0.717) is 11.3 Å². The summed E-state index contributed by atoms with van der Waals surface area (Å²) >= 11 is 0. The van der Waals surface area contributed by atoms with Crippen molar-refractivity contribution in [2.45, 2.75) is 63.5 Å². The van der Waals surface area contributed by atoms with Crippen LogP contribution in [0.3, 0.4) is 0 Å². The smallest absolute Gasteiger partial charge is 0.416 e. The van der Waals surface area contributed by atoms with Gasteiger partial charge in [0, 0.05) is 69.3 Å². The number of nitrogens with one attached hydrogen (secondary N) is 1. The minimum Gasteiger partial charge on any atom is -0.481 e. The molecule has 0 saturated heterocycles. The van der Waals surface area contributed by atoms with E-state index in [1.165, 1.54) is 37.0 Å². The van der Waals surface area contributed by atoms with Crippen LogP contribution in [0.15, 0.2) is 84.0 Å². The molecule has 4 heterocycles. The summed E-state index contributed by atoms with van der Waals surface area (Å²) in [7, 11) is 5.91. The van der Waals surface area contributed by atoms with Gasteiger partial charge in [0.25, 0.3) is 11.7 Å². The molecule has 1 aliphatic carbocycles. The van der Waals surface area contributed by atoms with Gasteiger partial charge in [-0.3, -0.25) is 9.59 Å². The van der Waals surface area contributed by atoms with E-state index in [-0.39, 0.29) is 67.0 Å². The molecule has 3 aromatic heterocycles. The first-order valence-electron chi connectivity index (χ1n) is 19.6. The molecule has 63 heavy (non-hydrogen) atoms. The molecule has 2 unspecified atom stereocenters. The number of benzene rings is 1. The Kier molecular flexibility index (Phi) is 15.4. The zero-order valence-electron chi connectivity index (χ0n) is 34.8. The Morgan fingerprint density at radius 3 is 2.11 bits per heavy atom. The summed E-state index contributed by atoms with van der Waals surface area (Å²) in [5, 5.41) is 30.3. The molecule has 1 aliphatic heterocycles. The number of carboxylic acids is 2. The van der Waals surface area contributed by atoms with Crippen molar-refractivity contribution in [3.63, 3.8) is 0 Å². The summed E-state index contributed by atoms with van der Waals surface area (Å²) in [5.74, 6) is -2.23. The van der Waals surface area contributed by atoms with Crippen LogP contribution in [-0.4, -0.2) is 99.9 Å². The van der Waals surface area contributed by atoms with Crippen molar-refractivity contribution < 1.29 is 60.4 Å². The predicted molar refractivity (Wildman–Crippen MR) is 218 cm³/mol. The molecule has 6 rings (SSSR count). The number of carboxylic acid groups (broad SMARTS) is 2. The van der Waals surface area contributed by atoms with E-state index in [1.807, 2.05) is 0 Å². The highest BCUT2D eigenvalue weighted by Gasteiger charge is 2.40. The normalized spacial score (nSPS) is 17.2. The predicted octanol–water partition coefficient (Wildman–Crippen LogP) is 7.73. The van der Waals surface area contributed by atoms with Gasteiger partial charge in [-0.25, -0.2) is 19.4 Å². The summed E-state index contributed by atoms with van der Waals surface area (Å²) in [6.07, 6.45) is 1.15. The van der Waals surface area contributed by atoms with Gasteiger partial charge < -0.3 is 29.9 Å². The minimum atomic E-state index is -4.52.